The lowest BCUT2D eigenvalue weighted by Crippen LogP contribution is -2.42. The Labute approximate surface area is 128 Å². The van der Waals surface area contributed by atoms with Crippen LogP contribution in [0.5, 0.6) is 11.5 Å². The third-order valence-corrected chi connectivity index (χ3v) is 3.29. The van der Waals surface area contributed by atoms with Crippen molar-refractivity contribution >= 4 is 17.6 Å². The molecule has 0 saturated heterocycles. The first-order valence-electron chi connectivity index (χ1n) is 6.89. The number of fused-ring (bicyclic) bond motifs is 1. The molecule has 22 heavy (non-hydrogen) atoms. The normalized spacial score (nSPS) is 16.6. The summed E-state index contributed by atoms with van der Waals surface area (Å²) in [5, 5.41) is 5.59. The van der Waals surface area contributed by atoms with Crippen LogP contribution in [0.4, 0.5) is 5.69 Å². The van der Waals surface area contributed by atoms with E-state index >= 15 is 0 Å². The Morgan fingerprint density at radius 1 is 1.32 bits per heavy atom. The maximum absolute atomic E-state index is 11.7. The van der Waals surface area contributed by atoms with Crippen LogP contribution >= 0.6 is 0 Å². The number of carbonyl (C=O) groups excluding carboxylic acids is 2. The highest BCUT2D eigenvalue weighted by atomic mass is 16.6. The fourth-order valence-electron chi connectivity index (χ4n) is 2.11. The minimum atomic E-state index is -0.872. The summed E-state index contributed by atoms with van der Waals surface area (Å²) in [6.45, 7) is 3.57. The van der Waals surface area contributed by atoms with Crippen molar-refractivity contribution < 1.29 is 23.8 Å². The van der Waals surface area contributed by atoms with Crippen molar-refractivity contribution in [1.82, 2.24) is 5.32 Å². The molecule has 2 rings (SSSR count). The number of carbonyl (C=O) groups is 2. The number of esters is 1. The van der Waals surface area contributed by atoms with Gasteiger partial charge in [0.1, 0.15) is 12.1 Å². The molecule has 1 heterocycles. The van der Waals surface area contributed by atoms with E-state index in [4.69, 9.17) is 14.2 Å². The van der Waals surface area contributed by atoms with Crippen molar-refractivity contribution in [2.75, 3.05) is 26.1 Å². The molecule has 0 spiro atoms. The lowest BCUT2D eigenvalue weighted by Gasteiger charge is -2.28. The first kappa shape index (κ1) is 15.9. The van der Waals surface area contributed by atoms with E-state index in [0.29, 0.717) is 17.2 Å². The molecule has 120 valence electrons. The number of hydrogen-bond acceptors (Lipinski definition) is 6. The number of methoxy groups -OCH3 is 1. The van der Waals surface area contributed by atoms with E-state index in [0.717, 1.165) is 0 Å². The average molecular weight is 308 g/mol. The van der Waals surface area contributed by atoms with Crippen LogP contribution in [0, 0.1) is 0 Å². The summed E-state index contributed by atoms with van der Waals surface area (Å²) in [6.07, 6.45) is -0.664. The smallest absolute Gasteiger partial charge is 0.330 e. The van der Waals surface area contributed by atoms with Crippen molar-refractivity contribution in [2.45, 2.75) is 25.5 Å². The summed E-state index contributed by atoms with van der Waals surface area (Å²) in [5.74, 6) is 0.397. The molecule has 1 aliphatic rings. The van der Waals surface area contributed by atoms with E-state index in [9.17, 15) is 9.59 Å². The minimum Gasteiger partial charge on any atom is -0.485 e. The van der Waals surface area contributed by atoms with E-state index in [1.165, 1.54) is 7.11 Å². The van der Waals surface area contributed by atoms with Crippen LogP contribution in [0.1, 0.15) is 13.8 Å². The molecule has 0 bridgehead atoms. The van der Waals surface area contributed by atoms with Gasteiger partial charge in [-0.3, -0.25) is 4.79 Å². The zero-order valence-corrected chi connectivity index (χ0v) is 13.1. The number of anilines is 1. The Bertz CT molecular complexity index is 585. The second-order valence-corrected chi connectivity index (χ2v) is 5.43. The summed E-state index contributed by atoms with van der Waals surface area (Å²) in [6, 6.07) is 5.17. The fraction of sp³-hybridized carbons (Fsp3) is 0.467. The van der Waals surface area contributed by atoms with Gasteiger partial charge in [-0.2, -0.15) is 0 Å². The molecule has 2 N–H and O–H groups in total. The van der Waals surface area contributed by atoms with Crippen molar-refractivity contribution in [1.29, 1.82) is 0 Å². The van der Waals surface area contributed by atoms with Gasteiger partial charge in [0.15, 0.2) is 11.5 Å². The number of rotatable bonds is 4. The highest BCUT2D eigenvalue weighted by Crippen LogP contribution is 2.35. The molecule has 7 heteroatoms. The van der Waals surface area contributed by atoms with Gasteiger partial charge in [-0.1, -0.05) is 0 Å². The molecule has 1 aromatic carbocycles. The molecule has 1 amide bonds. The topological polar surface area (TPSA) is 85.9 Å². The zero-order valence-electron chi connectivity index (χ0n) is 13.1. The quantitative estimate of drug-likeness (QED) is 0.805. The van der Waals surface area contributed by atoms with E-state index in [-0.39, 0.29) is 18.5 Å². The van der Waals surface area contributed by atoms with Gasteiger partial charge < -0.3 is 24.8 Å². The monoisotopic (exact) mass is 308 g/mol. The molecular formula is C15H20N2O5. The highest BCUT2D eigenvalue weighted by Gasteiger charge is 2.30. The van der Waals surface area contributed by atoms with Gasteiger partial charge in [0.2, 0.25) is 6.10 Å². The Kier molecular flexibility index (Phi) is 4.44. The average Bonchev–Trinajstić information content (AvgIpc) is 2.52. The summed E-state index contributed by atoms with van der Waals surface area (Å²) in [5.41, 5.74) is -0.181. The van der Waals surface area contributed by atoms with Crippen LogP contribution in [0.15, 0.2) is 18.2 Å². The maximum Gasteiger partial charge on any atom is 0.330 e. The lowest BCUT2D eigenvalue weighted by molar-refractivity contribution is -0.144. The summed E-state index contributed by atoms with van der Waals surface area (Å²) in [4.78, 5) is 23.3. The molecule has 0 aromatic heterocycles. The molecule has 1 atom stereocenters. The van der Waals surface area contributed by atoms with E-state index in [1.807, 2.05) is 0 Å². The number of amides is 1. The Hall–Kier alpha value is -2.44. The third kappa shape index (κ3) is 3.24. The van der Waals surface area contributed by atoms with Crippen LogP contribution < -0.4 is 20.1 Å². The second-order valence-electron chi connectivity index (χ2n) is 5.43. The Morgan fingerprint density at radius 2 is 2.05 bits per heavy atom. The Balaban J connectivity index is 2.14. The van der Waals surface area contributed by atoms with Crippen LogP contribution in [0.3, 0.4) is 0 Å². The van der Waals surface area contributed by atoms with Crippen LogP contribution in [0.25, 0.3) is 0 Å². The predicted octanol–water partition coefficient (Wildman–Crippen LogP) is 0.936. The van der Waals surface area contributed by atoms with Gasteiger partial charge in [-0.15, -0.1) is 0 Å². The van der Waals surface area contributed by atoms with E-state index in [1.54, 1.807) is 39.1 Å². The first-order valence-corrected chi connectivity index (χ1v) is 6.89. The molecule has 1 aliphatic heterocycles. The molecule has 1 aromatic rings. The fourth-order valence-corrected chi connectivity index (χ4v) is 2.11. The van der Waals surface area contributed by atoms with E-state index < -0.39 is 11.6 Å². The predicted molar refractivity (Wildman–Crippen MR) is 80.1 cm³/mol. The molecule has 0 saturated carbocycles. The van der Waals surface area contributed by atoms with Crippen molar-refractivity contribution in [3.8, 4) is 11.5 Å². The number of nitrogens with one attached hydrogen (secondary N) is 2. The van der Waals surface area contributed by atoms with Crippen molar-refractivity contribution in [3.05, 3.63) is 18.2 Å². The van der Waals surface area contributed by atoms with Gasteiger partial charge in [0.05, 0.1) is 7.11 Å². The minimum absolute atomic E-state index is 0.135. The third-order valence-electron chi connectivity index (χ3n) is 3.29. The molecule has 0 radical (unpaired) electrons. The number of benzene rings is 1. The second kappa shape index (κ2) is 6.13. The maximum atomic E-state index is 11.7. The molecule has 0 aliphatic carbocycles. The zero-order chi connectivity index (χ0) is 16.3. The number of ether oxygens (including phenoxy) is 3. The van der Waals surface area contributed by atoms with E-state index in [2.05, 4.69) is 10.6 Å². The molecule has 1 unspecified atom stereocenters. The van der Waals surface area contributed by atoms with Crippen LogP contribution in [-0.4, -0.2) is 44.3 Å². The van der Waals surface area contributed by atoms with Gasteiger partial charge in [-0.25, -0.2) is 4.79 Å². The van der Waals surface area contributed by atoms with Gasteiger partial charge in [0, 0.05) is 18.8 Å². The van der Waals surface area contributed by atoms with Gasteiger partial charge in [-0.05, 0) is 26.0 Å². The Morgan fingerprint density at radius 3 is 2.68 bits per heavy atom. The largest absolute Gasteiger partial charge is 0.485 e. The first-order chi connectivity index (χ1) is 10.4. The van der Waals surface area contributed by atoms with Gasteiger partial charge >= 0.3 is 5.97 Å². The number of likely N-dealkylation sites (N-methyl/N-ethyl adjacent to an activating group) is 1. The standard InChI is InChI=1S/C15H20N2O5/c1-15(2,14(19)20-4)17-9-5-6-10-11(7-9)21-8-12(22-10)13(18)16-3/h5-7,12,17H,8H2,1-4H3,(H,16,18). The molecule has 7 nitrogen and oxygen atoms in total. The summed E-state index contributed by atoms with van der Waals surface area (Å²) in [7, 11) is 2.89. The summed E-state index contributed by atoms with van der Waals surface area (Å²) < 4.78 is 15.9. The van der Waals surface area contributed by atoms with Crippen molar-refractivity contribution in [2.24, 2.45) is 0 Å². The van der Waals surface area contributed by atoms with Crippen molar-refractivity contribution in [3.63, 3.8) is 0 Å². The number of hydrogen-bond donors (Lipinski definition) is 2. The lowest BCUT2D eigenvalue weighted by atomic mass is 10.1. The summed E-state index contributed by atoms with van der Waals surface area (Å²) >= 11 is 0. The molecular weight excluding hydrogens is 288 g/mol. The van der Waals surface area contributed by atoms with Gasteiger partial charge in [0.25, 0.3) is 5.91 Å². The molecule has 0 fully saturated rings. The van der Waals surface area contributed by atoms with Crippen LogP contribution in [-0.2, 0) is 14.3 Å². The SMILES string of the molecule is CNC(=O)C1COc2cc(NC(C)(C)C(=O)OC)ccc2O1. The highest BCUT2D eigenvalue weighted by molar-refractivity contribution is 5.84. The van der Waals surface area contributed by atoms with Crippen LogP contribution in [0.2, 0.25) is 0 Å².